The third-order valence-corrected chi connectivity index (χ3v) is 10.6. The van der Waals surface area contributed by atoms with Crippen LogP contribution in [0.25, 0.3) is 17.0 Å². The summed E-state index contributed by atoms with van der Waals surface area (Å²) in [6.07, 6.45) is 11.5. The van der Waals surface area contributed by atoms with Gasteiger partial charge in [-0.15, -0.1) is 0 Å². The summed E-state index contributed by atoms with van der Waals surface area (Å²) < 4.78 is 8.26. The van der Waals surface area contributed by atoms with Gasteiger partial charge in [0.1, 0.15) is 12.4 Å². The molecule has 4 atom stereocenters. The summed E-state index contributed by atoms with van der Waals surface area (Å²) in [6.45, 7) is 4.87. The molecule has 220 valence electrons. The molecule has 1 aromatic heterocycles. The first kappa shape index (κ1) is 26.8. The molecule has 4 saturated heterocycles. The van der Waals surface area contributed by atoms with E-state index in [-0.39, 0.29) is 0 Å². The molecule has 0 radical (unpaired) electrons. The Bertz CT molecular complexity index is 1640. The van der Waals surface area contributed by atoms with Crippen LogP contribution < -0.4 is 4.74 Å². The molecule has 0 aliphatic carbocycles. The lowest BCUT2D eigenvalue weighted by atomic mass is 9.67. The van der Waals surface area contributed by atoms with Gasteiger partial charge in [0.25, 0.3) is 0 Å². The lowest BCUT2D eigenvalue weighted by Crippen LogP contribution is -2.66. The van der Waals surface area contributed by atoms with Gasteiger partial charge in [-0.3, -0.25) is 9.69 Å². The van der Waals surface area contributed by atoms with Gasteiger partial charge in [0.2, 0.25) is 5.91 Å². The van der Waals surface area contributed by atoms with Gasteiger partial charge in [0.15, 0.2) is 0 Å². The zero-order chi connectivity index (χ0) is 28.8. The fourth-order valence-electron chi connectivity index (χ4n) is 8.60. The van der Waals surface area contributed by atoms with Crippen LogP contribution in [-0.2, 0) is 17.9 Å². The smallest absolute Gasteiger partial charge is 0.250 e. The highest BCUT2D eigenvalue weighted by molar-refractivity contribution is 5.99. The van der Waals surface area contributed by atoms with Gasteiger partial charge in [0, 0.05) is 47.8 Å². The normalized spacial score (nSPS) is 26.4. The number of amides is 1. The molecule has 0 spiro atoms. The van der Waals surface area contributed by atoms with Crippen molar-refractivity contribution in [3.63, 3.8) is 0 Å². The van der Waals surface area contributed by atoms with Crippen LogP contribution in [0.3, 0.4) is 0 Å². The van der Waals surface area contributed by atoms with E-state index in [0.29, 0.717) is 30.4 Å². The topological polar surface area (TPSA) is 37.7 Å². The van der Waals surface area contributed by atoms with E-state index in [0.717, 1.165) is 48.9 Å². The number of nitrogens with zero attached hydrogens (tertiary/aromatic N) is 3. The molecular formula is C38H41N3O2. The third kappa shape index (κ3) is 5.18. The average Bonchev–Trinajstić information content (AvgIpc) is 3.45. The minimum absolute atomic E-state index is 0.297. The monoisotopic (exact) mass is 571 g/mol. The lowest BCUT2D eigenvalue weighted by Gasteiger charge is -2.58. The Labute approximate surface area is 254 Å². The number of aromatic nitrogens is 1. The fourth-order valence-corrected chi connectivity index (χ4v) is 8.60. The highest BCUT2D eigenvalue weighted by Crippen LogP contribution is 2.45. The number of piperidine rings is 4. The van der Waals surface area contributed by atoms with Gasteiger partial charge >= 0.3 is 0 Å². The first-order chi connectivity index (χ1) is 21.2. The van der Waals surface area contributed by atoms with Crippen molar-refractivity contribution in [3.8, 4) is 5.75 Å². The maximum absolute atomic E-state index is 13.8. The Morgan fingerprint density at radius 2 is 1.70 bits per heavy atom. The quantitative estimate of drug-likeness (QED) is 0.231. The molecule has 3 aromatic carbocycles. The number of hydrogen-bond acceptors (Lipinski definition) is 3. The predicted octanol–water partition coefficient (Wildman–Crippen LogP) is 7.15. The highest BCUT2D eigenvalue weighted by atomic mass is 16.5. The van der Waals surface area contributed by atoms with Gasteiger partial charge in [-0.1, -0.05) is 48.5 Å². The van der Waals surface area contributed by atoms with E-state index >= 15 is 0 Å². The number of rotatable bonds is 6. The molecule has 1 amide bonds. The summed E-state index contributed by atoms with van der Waals surface area (Å²) in [6, 6.07) is 28.6. The molecule has 8 rings (SSSR count). The summed E-state index contributed by atoms with van der Waals surface area (Å²) in [5.41, 5.74) is 5.74. The predicted molar refractivity (Wildman–Crippen MR) is 172 cm³/mol. The standard InChI is InChI=1S/C38H41N3O2/c42-38-31(13-17-36-34-9-5-20-39-19-4-8-32(37(34)39)25-41(36)38)23-29-12-16-35-30(22-29)18-21-40(35)24-27-10-14-33(15-11-27)43-26-28-6-2-1-3-7-28/h1-3,6-7,10-12,14-16,18,21-23,32,34,36-37H,4-5,8-9,13,17,19-20,24-26H2/b31-23+/t32-,34-,36-,37+/m1/s1. The number of benzene rings is 3. The Balaban J connectivity index is 0.949. The Morgan fingerprint density at radius 3 is 2.56 bits per heavy atom. The first-order valence-electron chi connectivity index (χ1n) is 16.3. The average molecular weight is 572 g/mol. The SMILES string of the molecule is O=C1/C(=C/c2ccc3c(ccn3Cc3ccc(OCc4ccccc4)cc3)c2)CC[C@@H]2[C@H]3CCCN4CCC[C@H](CN12)[C@@H]34. The van der Waals surface area contributed by atoms with Crippen molar-refractivity contribution in [1.29, 1.82) is 0 Å². The number of carbonyl (C=O) groups is 1. The molecule has 5 heterocycles. The minimum Gasteiger partial charge on any atom is -0.489 e. The van der Waals surface area contributed by atoms with E-state index in [1.165, 1.54) is 60.8 Å². The van der Waals surface area contributed by atoms with Crippen LogP contribution in [0.5, 0.6) is 5.75 Å². The summed E-state index contributed by atoms with van der Waals surface area (Å²) in [7, 11) is 0. The lowest BCUT2D eigenvalue weighted by molar-refractivity contribution is -0.145. The summed E-state index contributed by atoms with van der Waals surface area (Å²) in [5.74, 6) is 2.52. The van der Waals surface area contributed by atoms with Crippen LogP contribution in [-0.4, -0.2) is 52.0 Å². The molecule has 0 saturated carbocycles. The molecule has 4 aliphatic heterocycles. The Morgan fingerprint density at radius 1 is 0.860 bits per heavy atom. The van der Waals surface area contributed by atoms with Crippen molar-refractivity contribution < 1.29 is 9.53 Å². The van der Waals surface area contributed by atoms with Crippen LogP contribution in [0.4, 0.5) is 0 Å². The van der Waals surface area contributed by atoms with Crippen molar-refractivity contribution in [2.24, 2.45) is 11.8 Å². The minimum atomic E-state index is 0.297. The zero-order valence-electron chi connectivity index (χ0n) is 24.9. The third-order valence-electron chi connectivity index (χ3n) is 10.6. The second-order valence-electron chi connectivity index (χ2n) is 13.1. The van der Waals surface area contributed by atoms with Gasteiger partial charge in [-0.2, -0.15) is 0 Å². The van der Waals surface area contributed by atoms with Crippen molar-refractivity contribution in [2.75, 3.05) is 19.6 Å². The molecular weight excluding hydrogens is 530 g/mol. The highest BCUT2D eigenvalue weighted by Gasteiger charge is 2.51. The van der Waals surface area contributed by atoms with Crippen LogP contribution in [0.1, 0.15) is 55.2 Å². The van der Waals surface area contributed by atoms with E-state index in [2.05, 4.69) is 87.3 Å². The maximum atomic E-state index is 13.8. The van der Waals surface area contributed by atoms with E-state index in [9.17, 15) is 4.79 Å². The molecule has 4 aromatic rings. The fraction of sp³-hybridized carbons (Fsp3) is 0.395. The molecule has 5 nitrogen and oxygen atoms in total. The Kier molecular flexibility index (Phi) is 7.07. The molecule has 0 N–H and O–H groups in total. The van der Waals surface area contributed by atoms with Crippen LogP contribution in [0.15, 0.2) is 90.6 Å². The molecule has 0 unspecified atom stereocenters. The van der Waals surface area contributed by atoms with Crippen LogP contribution in [0.2, 0.25) is 0 Å². The van der Waals surface area contributed by atoms with E-state index < -0.39 is 0 Å². The van der Waals surface area contributed by atoms with Gasteiger partial charge in [-0.05, 0) is 117 Å². The van der Waals surface area contributed by atoms with Gasteiger partial charge in [-0.25, -0.2) is 0 Å². The molecule has 4 aliphatic rings. The molecule has 5 heteroatoms. The summed E-state index contributed by atoms with van der Waals surface area (Å²) >= 11 is 0. The van der Waals surface area contributed by atoms with Crippen molar-refractivity contribution in [3.05, 3.63) is 107 Å². The number of hydrogen-bond donors (Lipinski definition) is 0. The van der Waals surface area contributed by atoms with Crippen molar-refractivity contribution >= 4 is 22.9 Å². The number of ether oxygens (including phenoxy) is 1. The van der Waals surface area contributed by atoms with E-state index in [1.54, 1.807) is 0 Å². The second kappa shape index (κ2) is 11.3. The Hall–Kier alpha value is -3.83. The summed E-state index contributed by atoms with van der Waals surface area (Å²) in [4.78, 5) is 18.9. The number of fused-ring (bicyclic) bond motifs is 3. The van der Waals surface area contributed by atoms with E-state index in [4.69, 9.17) is 4.74 Å². The van der Waals surface area contributed by atoms with Crippen LogP contribution >= 0.6 is 0 Å². The zero-order valence-corrected chi connectivity index (χ0v) is 24.9. The van der Waals surface area contributed by atoms with E-state index in [1.807, 2.05) is 18.2 Å². The first-order valence-corrected chi connectivity index (χ1v) is 16.3. The van der Waals surface area contributed by atoms with Crippen molar-refractivity contribution in [1.82, 2.24) is 14.4 Å². The molecule has 0 bridgehead atoms. The van der Waals surface area contributed by atoms with Gasteiger partial charge < -0.3 is 14.2 Å². The molecule has 43 heavy (non-hydrogen) atoms. The summed E-state index contributed by atoms with van der Waals surface area (Å²) in [5, 5.41) is 1.21. The molecule has 4 fully saturated rings. The maximum Gasteiger partial charge on any atom is 0.250 e. The largest absolute Gasteiger partial charge is 0.489 e. The number of carbonyl (C=O) groups excluding carboxylic acids is 1. The van der Waals surface area contributed by atoms with Crippen LogP contribution in [0, 0.1) is 11.8 Å². The second-order valence-corrected chi connectivity index (χ2v) is 13.1. The van der Waals surface area contributed by atoms with Gasteiger partial charge in [0.05, 0.1) is 0 Å². The van der Waals surface area contributed by atoms with Crippen molar-refractivity contribution in [2.45, 2.75) is 63.8 Å².